The Bertz CT molecular complexity index is 1530. The zero-order valence-electron chi connectivity index (χ0n) is 50.5. The smallest absolute Gasteiger partial charge is 0.456 e. The summed E-state index contributed by atoms with van der Waals surface area (Å²) in [6, 6.07) is -0.850. The molecule has 76 heavy (non-hydrogen) atoms. The first-order valence-corrected chi connectivity index (χ1v) is 33.3. The minimum Gasteiger partial charge on any atom is -0.456 e. The predicted molar refractivity (Wildman–Crippen MR) is 328 cm³/mol. The van der Waals surface area contributed by atoms with Crippen LogP contribution in [0.15, 0.2) is 72.9 Å². The molecule has 0 heterocycles. The lowest BCUT2D eigenvalue weighted by Crippen LogP contribution is -2.47. The van der Waals surface area contributed by atoms with Gasteiger partial charge in [0.1, 0.15) is 19.3 Å². The van der Waals surface area contributed by atoms with Crippen molar-refractivity contribution in [1.82, 2.24) is 5.32 Å². The van der Waals surface area contributed by atoms with E-state index in [9.17, 15) is 19.0 Å². The van der Waals surface area contributed by atoms with Crippen molar-refractivity contribution in [3.63, 3.8) is 0 Å². The van der Waals surface area contributed by atoms with E-state index in [1.165, 1.54) is 148 Å². The number of quaternary nitrogens is 1. The topological polar surface area (TPSA) is 111 Å². The van der Waals surface area contributed by atoms with Crippen molar-refractivity contribution in [2.45, 2.75) is 296 Å². The van der Waals surface area contributed by atoms with Gasteiger partial charge in [-0.1, -0.05) is 267 Å². The van der Waals surface area contributed by atoms with Crippen LogP contribution in [0.2, 0.25) is 0 Å². The molecule has 3 unspecified atom stereocenters. The summed E-state index contributed by atoms with van der Waals surface area (Å²) in [5, 5.41) is 3.06. The van der Waals surface area contributed by atoms with Crippen molar-refractivity contribution >= 4 is 19.7 Å². The third-order valence-corrected chi connectivity index (χ3v) is 14.9. The molecule has 0 spiro atoms. The standard InChI is InChI=1S/C66H121N2O7P/c1-7-10-13-16-19-22-25-28-29-30-31-32-33-34-35-36-37-38-39-41-44-47-50-53-56-59-66(70)75-64(57-54-51-48-45-42-27-24-21-18-15-12-9-3)63(62-74-76(71,72)73-61-60-68(4,5)6)67-65(69)58-55-52-49-46-43-40-26-23-20-17-14-11-8-2/h10,13,19,22,28-29,31-32,34-35,54,57,63-64H,7-9,11-12,14-18,20-21,23-27,30,33,36-53,55-56,58-62H2,1-6H3,(H-,67,69,71,72)/p+1/b13-10-,22-19-,29-28-,32-31-,35-34-,57-54-. The highest BCUT2D eigenvalue weighted by atomic mass is 31.2. The minimum atomic E-state index is -4.45. The number of phosphoric ester groups is 1. The van der Waals surface area contributed by atoms with Crippen molar-refractivity contribution in [2.24, 2.45) is 0 Å². The Labute approximate surface area is 470 Å². The van der Waals surface area contributed by atoms with Gasteiger partial charge in [-0.25, -0.2) is 4.57 Å². The number of unbranched alkanes of at least 4 members (excludes halogenated alkanes) is 31. The maximum Gasteiger partial charge on any atom is 0.472 e. The Balaban J connectivity index is 5.13. The van der Waals surface area contributed by atoms with E-state index >= 15 is 0 Å². The van der Waals surface area contributed by atoms with E-state index in [2.05, 4.69) is 86.8 Å². The molecular formula is C66H122N2O7P+. The predicted octanol–water partition coefficient (Wildman–Crippen LogP) is 19.6. The van der Waals surface area contributed by atoms with Gasteiger partial charge in [-0.2, -0.15) is 0 Å². The Kier molecular flexibility index (Phi) is 53.9. The molecule has 0 rings (SSSR count). The minimum absolute atomic E-state index is 0.0386. The van der Waals surface area contributed by atoms with Gasteiger partial charge in [-0.3, -0.25) is 18.6 Å². The number of hydrogen-bond donors (Lipinski definition) is 2. The van der Waals surface area contributed by atoms with Crippen LogP contribution in [0.4, 0.5) is 0 Å². The number of nitrogens with one attached hydrogen (secondary N) is 1. The first-order valence-electron chi connectivity index (χ1n) is 31.8. The van der Waals surface area contributed by atoms with Crippen LogP contribution in [-0.2, 0) is 27.9 Å². The number of carbonyl (C=O) groups excluding carboxylic acids is 2. The number of likely N-dealkylation sites (N-methyl/N-ethyl adjacent to an activating group) is 1. The molecule has 0 aromatic heterocycles. The number of rotatable bonds is 57. The van der Waals surface area contributed by atoms with Crippen molar-refractivity contribution in [3.05, 3.63) is 72.9 Å². The molecule has 1 amide bonds. The second kappa shape index (κ2) is 55.8. The Morgan fingerprint density at radius 2 is 0.842 bits per heavy atom. The quantitative estimate of drug-likeness (QED) is 0.0205. The molecule has 0 fully saturated rings. The summed E-state index contributed by atoms with van der Waals surface area (Å²) in [6.07, 6.45) is 71.8. The lowest BCUT2D eigenvalue weighted by atomic mass is 10.0. The summed E-state index contributed by atoms with van der Waals surface area (Å²) < 4.78 is 30.7. The number of allylic oxidation sites excluding steroid dienone is 11. The van der Waals surface area contributed by atoms with Gasteiger partial charge >= 0.3 is 13.8 Å². The maximum absolute atomic E-state index is 13.5. The summed E-state index contributed by atoms with van der Waals surface area (Å²) in [7, 11) is 1.49. The molecule has 0 bridgehead atoms. The fourth-order valence-corrected chi connectivity index (χ4v) is 9.76. The van der Waals surface area contributed by atoms with Gasteiger partial charge in [-0.15, -0.1) is 0 Å². The average Bonchev–Trinajstić information content (AvgIpc) is 3.38. The molecule has 9 nitrogen and oxygen atoms in total. The number of nitrogens with zero attached hydrogens (tertiary/aromatic N) is 1. The Hall–Kier alpha value is -2.55. The highest BCUT2D eigenvalue weighted by molar-refractivity contribution is 7.47. The summed E-state index contributed by atoms with van der Waals surface area (Å²) in [5.74, 6) is -0.506. The van der Waals surface area contributed by atoms with Crippen molar-refractivity contribution in [3.8, 4) is 0 Å². The van der Waals surface area contributed by atoms with E-state index in [-0.39, 0.29) is 31.5 Å². The summed E-state index contributed by atoms with van der Waals surface area (Å²) in [6.45, 7) is 6.91. The number of phosphoric acid groups is 1. The van der Waals surface area contributed by atoms with Crippen molar-refractivity contribution < 1.29 is 37.3 Å². The molecule has 2 N–H and O–H groups in total. The van der Waals surface area contributed by atoms with Gasteiger partial charge in [0.2, 0.25) is 5.91 Å². The van der Waals surface area contributed by atoms with Gasteiger partial charge in [0.15, 0.2) is 0 Å². The lowest BCUT2D eigenvalue weighted by Gasteiger charge is -2.27. The van der Waals surface area contributed by atoms with E-state index in [0.717, 1.165) is 103 Å². The number of hydrogen-bond acceptors (Lipinski definition) is 6. The molecule has 10 heteroatoms. The first-order chi connectivity index (χ1) is 36.9. The molecule has 442 valence electrons. The molecule has 0 saturated heterocycles. The average molecular weight is 1090 g/mol. The Morgan fingerprint density at radius 3 is 1.26 bits per heavy atom. The van der Waals surface area contributed by atoms with Gasteiger partial charge in [0.25, 0.3) is 0 Å². The van der Waals surface area contributed by atoms with Crippen molar-refractivity contribution in [2.75, 3.05) is 40.9 Å². The molecule has 0 saturated carbocycles. The van der Waals surface area contributed by atoms with E-state index < -0.39 is 20.0 Å². The fourth-order valence-electron chi connectivity index (χ4n) is 9.03. The van der Waals surface area contributed by atoms with Crippen molar-refractivity contribution in [1.29, 1.82) is 0 Å². The van der Waals surface area contributed by atoms with Crippen LogP contribution < -0.4 is 5.32 Å². The second-order valence-electron chi connectivity index (χ2n) is 22.6. The first kappa shape index (κ1) is 73.5. The number of amides is 1. The van der Waals surface area contributed by atoms with Gasteiger partial charge in [-0.05, 0) is 76.7 Å². The van der Waals surface area contributed by atoms with Crippen LogP contribution >= 0.6 is 7.82 Å². The van der Waals surface area contributed by atoms with E-state index in [1.807, 2.05) is 33.3 Å². The van der Waals surface area contributed by atoms with Gasteiger partial charge in [0.05, 0.1) is 33.8 Å². The second-order valence-corrected chi connectivity index (χ2v) is 24.0. The molecule has 0 aliphatic heterocycles. The maximum atomic E-state index is 13.5. The highest BCUT2D eigenvalue weighted by Crippen LogP contribution is 2.43. The number of ether oxygens (including phenoxy) is 1. The molecule has 0 aliphatic rings. The van der Waals surface area contributed by atoms with Gasteiger partial charge < -0.3 is 19.4 Å². The molecule has 0 aromatic rings. The summed E-state index contributed by atoms with van der Waals surface area (Å²) >= 11 is 0. The summed E-state index contributed by atoms with van der Waals surface area (Å²) in [5.41, 5.74) is 0. The van der Waals surface area contributed by atoms with Crippen LogP contribution in [0.5, 0.6) is 0 Å². The fraction of sp³-hybridized carbons (Fsp3) is 0.788. The highest BCUT2D eigenvalue weighted by Gasteiger charge is 2.30. The molecule has 0 radical (unpaired) electrons. The monoisotopic (exact) mass is 1090 g/mol. The number of carbonyl (C=O) groups is 2. The van der Waals surface area contributed by atoms with E-state index in [4.69, 9.17) is 13.8 Å². The van der Waals surface area contributed by atoms with Crippen LogP contribution in [0, 0.1) is 0 Å². The third kappa shape index (κ3) is 56.2. The number of esters is 1. The normalized spacial score (nSPS) is 14.1. The molecule has 0 aliphatic carbocycles. The molecule has 3 atom stereocenters. The van der Waals surface area contributed by atoms with Gasteiger partial charge in [0, 0.05) is 12.8 Å². The van der Waals surface area contributed by atoms with Crippen LogP contribution in [0.1, 0.15) is 284 Å². The van der Waals surface area contributed by atoms with E-state index in [0.29, 0.717) is 17.4 Å². The van der Waals surface area contributed by atoms with E-state index in [1.54, 1.807) is 0 Å². The van der Waals surface area contributed by atoms with Crippen LogP contribution in [0.3, 0.4) is 0 Å². The third-order valence-electron chi connectivity index (χ3n) is 13.9. The zero-order valence-corrected chi connectivity index (χ0v) is 51.4. The van der Waals surface area contributed by atoms with Crippen LogP contribution in [0.25, 0.3) is 0 Å². The van der Waals surface area contributed by atoms with Crippen LogP contribution in [-0.4, -0.2) is 74.3 Å². The SMILES string of the molecule is CC/C=C\C/C=C\C/C=C\C/C=C\C/C=C\CCCCCCCCCCCC(=O)OC(/C=C\CCCCCCCCCCCC)C(COP(=O)(O)OCC[N+](C)(C)C)NC(=O)CCCCCCCCCCCCCCC. The zero-order chi connectivity index (χ0) is 55.7. The summed E-state index contributed by atoms with van der Waals surface area (Å²) in [4.78, 5) is 37.7. The lowest BCUT2D eigenvalue weighted by molar-refractivity contribution is -0.870. The Morgan fingerprint density at radius 1 is 0.474 bits per heavy atom. The largest absolute Gasteiger partial charge is 0.472 e. The molecular weight excluding hydrogens is 964 g/mol. The molecule has 0 aromatic carbocycles.